The third-order valence-electron chi connectivity index (χ3n) is 2.55. The van der Waals surface area contributed by atoms with E-state index in [1.807, 2.05) is 0 Å². The number of alkyl halides is 3. The Kier molecular flexibility index (Phi) is 3.31. The number of halogens is 3. The molecule has 0 aliphatic rings. The van der Waals surface area contributed by atoms with Crippen LogP contribution in [0.25, 0.3) is 11.3 Å². The molecule has 0 saturated heterocycles. The van der Waals surface area contributed by atoms with Crippen LogP contribution in [0.4, 0.5) is 24.7 Å². The van der Waals surface area contributed by atoms with Crippen LogP contribution in [0.3, 0.4) is 0 Å². The summed E-state index contributed by atoms with van der Waals surface area (Å²) in [4.78, 5) is 13.7. The molecule has 2 aromatic rings. The number of nitrogen functional groups attached to an aromatic ring is 1. The minimum Gasteiger partial charge on any atom is -0.383 e. The number of aromatic nitrogens is 1. The summed E-state index contributed by atoms with van der Waals surface area (Å²) in [7, 11) is 0. The van der Waals surface area contributed by atoms with Crippen LogP contribution in [-0.4, -0.2) is 9.91 Å². The van der Waals surface area contributed by atoms with Crippen molar-refractivity contribution in [2.75, 3.05) is 5.73 Å². The Hall–Kier alpha value is -2.64. The van der Waals surface area contributed by atoms with Crippen LogP contribution in [0.15, 0.2) is 36.4 Å². The highest BCUT2D eigenvalue weighted by Gasteiger charge is 2.34. The third kappa shape index (κ3) is 2.68. The number of rotatable bonds is 2. The molecule has 0 amide bonds. The lowest BCUT2D eigenvalue weighted by Crippen LogP contribution is -2.08. The lowest BCUT2D eigenvalue weighted by Gasteiger charge is -2.12. The fourth-order valence-corrected chi connectivity index (χ4v) is 1.73. The van der Waals surface area contributed by atoms with Gasteiger partial charge < -0.3 is 5.73 Å². The molecule has 5 nitrogen and oxygen atoms in total. The number of nitrogens with two attached hydrogens (primary N) is 1. The monoisotopic (exact) mass is 283 g/mol. The SMILES string of the molecule is Nc1cc([N+](=O)[O-])cc(-c2ccccc2C(F)(F)F)n1. The molecule has 0 aliphatic heterocycles. The van der Waals surface area contributed by atoms with E-state index in [2.05, 4.69) is 4.98 Å². The van der Waals surface area contributed by atoms with Crippen molar-refractivity contribution in [2.45, 2.75) is 6.18 Å². The Labute approximate surface area is 111 Å². The van der Waals surface area contributed by atoms with Crippen molar-refractivity contribution >= 4 is 11.5 Å². The molecule has 0 radical (unpaired) electrons. The Morgan fingerprint density at radius 2 is 1.85 bits per heavy atom. The molecule has 0 unspecified atom stereocenters. The van der Waals surface area contributed by atoms with Gasteiger partial charge in [-0.05, 0) is 6.07 Å². The molecular weight excluding hydrogens is 275 g/mol. The van der Waals surface area contributed by atoms with Crippen molar-refractivity contribution in [1.82, 2.24) is 4.98 Å². The lowest BCUT2D eigenvalue weighted by atomic mass is 10.0. The van der Waals surface area contributed by atoms with Gasteiger partial charge in [-0.15, -0.1) is 0 Å². The first-order valence-electron chi connectivity index (χ1n) is 5.37. The fourth-order valence-electron chi connectivity index (χ4n) is 1.73. The van der Waals surface area contributed by atoms with Crippen LogP contribution in [-0.2, 0) is 6.18 Å². The maximum absolute atomic E-state index is 12.9. The van der Waals surface area contributed by atoms with Crippen molar-refractivity contribution in [3.05, 3.63) is 52.1 Å². The van der Waals surface area contributed by atoms with E-state index in [0.717, 1.165) is 18.2 Å². The second-order valence-corrected chi connectivity index (χ2v) is 3.94. The summed E-state index contributed by atoms with van der Waals surface area (Å²) in [5, 5.41) is 10.7. The van der Waals surface area contributed by atoms with Crippen molar-refractivity contribution in [1.29, 1.82) is 0 Å². The number of hydrogen-bond acceptors (Lipinski definition) is 4. The average molecular weight is 283 g/mol. The summed E-state index contributed by atoms with van der Waals surface area (Å²) in [5.74, 6) is -0.217. The highest BCUT2D eigenvalue weighted by atomic mass is 19.4. The molecule has 0 saturated carbocycles. The largest absolute Gasteiger partial charge is 0.417 e. The molecule has 1 heterocycles. The molecule has 0 bridgehead atoms. The first kappa shape index (κ1) is 13.8. The minimum absolute atomic E-state index is 0.190. The number of pyridine rings is 1. The number of anilines is 1. The van der Waals surface area contributed by atoms with Crippen LogP contribution >= 0.6 is 0 Å². The molecule has 0 atom stereocenters. The predicted octanol–water partition coefficient (Wildman–Crippen LogP) is 3.26. The van der Waals surface area contributed by atoms with Crippen LogP contribution in [0.1, 0.15) is 5.56 Å². The second kappa shape index (κ2) is 4.80. The third-order valence-corrected chi connectivity index (χ3v) is 2.55. The van der Waals surface area contributed by atoms with E-state index in [9.17, 15) is 23.3 Å². The van der Waals surface area contributed by atoms with Crippen LogP contribution in [0.5, 0.6) is 0 Å². The maximum atomic E-state index is 12.9. The molecule has 2 rings (SSSR count). The molecular formula is C12H8F3N3O2. The molecule has 0 spiro atoms. The Morgan fingerprint density at radius 3 is 2.45 bits per heavy atom. The highest BCUT2D eigenvalue weighted by molar-refractivity contribution is 5.68. The van der Waals surface area contributed by atoms with Crippen molar-refractivity contribution in [3.63, 3.8) is 0 Å². The molecule has 0 fully saturated rings. The fraction of sp³-hybridized carbons (Fsp3) is 0.0833. The molecule has 1 aromatic carbocycles. The molecule has 104 valence electrons. The average Bonchev–Trinajstić information content (AvgIpc) is 2.37. The van der Waals surface area contributed by atoms with E-state index < -0.39 is 22.4 Å². The van der Waals surface area contributed by atoms with E-state index in [0.29, 0.717) is 0 Å². The van der Waals surface area contributed by atoms with Gasteiger partial charge in [0, 0.05) is 11.6 Å². The Balaban J connectivity index is 2.66. The van der Waals surface area contributed by atoms with Gasteiger partial charge in [0.05, 0.1) is 22.2 Å². The van der Waals surface area contributed by atoms with Gasteiger partial charge >= 0.3 is 6.18 Å². The van der Waals surface area contributed by atoms with Gasteiger partial charge in [0.25, 0.3) is 5.69 Å². The molecule has 1 aromatic heterocycles. The predicted molar refractivity (Wildman–Crippen MR) is 65.7 cm³/mol. The van der Waals surface area contributed by atoms with Crippen LogP contribution < -0.4 is 5.73 Å². The van der Waals surface area contributed by atoms with Crippen LogP contribution in [0, 0.1) is 10.1 Å². The van der Waals surface area contributed by atoms with E-state index >= 15 is 0 Å². The van der Waals surface area contributed by atoms with Gasteiger partial charge in [0.15, 0.2) is 0 Å². The lowest BCUT2D eigenvalue weighted by molar-refractivity contribution is -0.384. The number of hydrogen-bond donors (Lipinski definition) is 1. The molecule has 20 heavy (non-hydrogen) atoms. The van der Waals surface area contributed by atoms with E-state index in [1.165, 1.54) is 18.2 Å². The molecule has 8 heteroatoms. The number of nitro groups is 1. The smallest absolute Gasteiger partial charge is 0.383 e. The minimum atomic E-state index is -4.59. The maximum Gasteiger partial charge on any atom is 0.417 e. The van der Waals surface area contributed by atoms with Gasteiger partial charge in [-0.1, -0.05) is 18.2 Å². The summed E-state index contributed by atoms with van der Waals surface area (Å²) in [6.45, 7) is 0. The zero-order chi connectivity index (χ0) is 14.9. The van der Waals surface area contributed by atoms with Gasteiger partial charge in [-0.2, -0.15) is 13.2 Å². The van der Waals surface area contributed by atoms with E-state index in [-0.39, 0.29) is 17.1 Å². The van der Waals surface area contributed by atoms with E-state index in [1.54, 1.807) is 0 Å². The summed E-state index contributed by atoms with van der Waals surface area (Å²) >= 11 is 0. The van der Waals surface area contributed by atoms with Gasteiger partial charge in [0.1, 0.15) is 5.82 Å². The number of nitrogens with zero attached hydrogens (tertiary/aromatic N) is 2. The Bertz CT molecular complexity index is 671. The van der Waals surface area contributed by atoms with Crippen molar-refractivity contribution < 1.29 is 18.1 Å². The molecule has 2 N–H and O–H groups in total. The van der Waals surface area contributed by atoms with Gasteiger partial charge in [0.2, 0.25) is 0 Å². The van der Waals surface area contributed by atoms with E-state index in [4.69, 9.17) is 5.73 Å². The van der Waals surface area contributed by atoms with Crippen molar-refractivity contribution in [3.8, 4) is 11.3 Å². The topological polar surface area (TPSA) is 82.0 Å². The standard InChI is InChI=1S/C12H8F3N3O2/c13-12(14,15)9-4-2-1-3-8(9)10-5-7(18(19)20)6-11(16)17-10/h1-6H,(H2,16,17). The van der Waals surface area contributed by atoms with Gasteiger partial charge in [-0.25, -0.2) is 4.98 Å². The zero-order valence-electron chi connectivity index (χ0n) is 9.89. The first-order valence-corrected chi connectivity index (χ1v) is 5.37. The van der Waals surface area contributed by atoms with Gasteiger partial charge in [-0.3, -0.25) is 10.1 Å². The quantitative estimate of drug-likeness (QED) is 0.677. The Morgan fingerprint density at radius 1 is 1.20 bits per heavy atom. The second-order valence-electron chi connectivity index (χ2n) is 3.94. The van der Waals surface area contributed by atoms with Crippen LogP contribution in [0.2, 0.25) is 0 Å². The summed E-state index contributed by atoms with van der Waals surface area (Å²) < 4.78 is 38.7. The summed E-state index contributed by atoms with van der Waals surface area (Å²) in [6, 6.07) is 6.63. The molecule has 0 aliphatic carbocycles. The zero-order valence-corrected chi connectivity index (χ0v) is 9.89. The highest BCUT2D eigenvalue weighted by Crippen LogP contribution is 2.37. The first-order chi connectivity index (χ1) is 9.29. The van der Waals surface area contributed by atoms with Crippen molar-refractivity contribution in [2.24, 2.45) is 0 Å². The normalized spacial score (nSPS) is 11.3. The summed E-state index contributed by atoms with van der Waals surface area (Å²) in [6.07, 6.45) is -4.59. The number of benzene rings is 1. The summed E-state index contributed by atoms with van der Waals surface area (Å²) in [5.41, 5.74) is 3.62.